The molecule has 94 valence electrons. The summed E-state index contributed by atoms with van der Waals surface area (Å²) in [5.41, 5.74) is 6.74. The summed E-state index contributed by atoms with van der Waals surface area (Å²) < 4.78 is 2.08. The van der Waals surface area contributed by atoms with Crippen molar-refractivity contribution in [1.82, 2.24) is 14.8 Å². The summed E-state index contributed by atoms with van der Waals surface area (Å²) in [6, 6.07) is 5.31. The van der Waals surface area contributed by atoms with Crippen LogP contribution in [0.25, 0.3) is 11.4 Å². The number of aromatic nitrogens is 3. The van der Waals surface area contributed by atoms with Crippen molar-refractivity contribution in [2.75, 3.05) is 5.73 Å². The van der Waals surface area contributed by atoms with Crippen LogP contribution in [-0.2, 0) is 13.0 Å². The quantitative estimate of drug-likeness (QED) is 0.592. The normalized spacial score (nSPS) is 18.6. The molecule has 1 atom stereocenters. The Morgan fingerprint density at radius 2 is 2.22 bits per heavy atom. The maximum atomic E-state index is 10.0. The Hall–Kier alpha value is -2.04. The maximum absolute atomic E-state index is 10.0. The zero-order valence-electron chi connectivity index (χ0n) is 10.3. The van der Waals surface area contributed by atoms with Gasteiger partial charge in [0.05, 0.1) is 11.3 Å². The van der Waals surface area contributed by atoms with E-state index < -0.39 is 0 Å². The number of nitrogens with zero attached hydrogens (tertiary/aromatic N) is 3. The Kier molecular flexibility index (Phi) is 2.47. The molecule has 0 saturated heterocycles. The third-order valence-corrected chi connectivity index (χ3v) is 3.51. The first-order valence-corrected chi connectivity index (χ1v) is 6.16. The summed E-state index contributed by atoms with van der Waals surface area (Å²) in [5.74, 6) is 2.43. The molecule has 0 bridgehead atoms. The molecule has 0 fully saturated rings. The number of para-hydroxylation sites is 1. The Morgan fingerprint density at radius 3 is 3.06 bits per heavy atom. The van der Waals surface area contributed by atoms with E-state index in [1.807, 2.05) is 12.1 Å². The first kappa shape index (κ1) is 11.1. The van der Waals surface area contributed by atoms with Crippen LogP contribution in [-0.4, -0.2) is 19.9 Å². The summed E-state index contributed by atoms with van der Waals surface area (Å²) in [5, 5.41) is 18.4. The van der Waals surface area contributed by atoms with E-state index >= 15 is 0 Å². The summed E-state index contributed by atoms with van der Waals surface area (Å²) >= 11 is 0. The van der Waals surface area contributed by atoms with Gasteiger partial charge in [-0.05, 0) is 24.5 Å². The zero-order chi connectivity index (χ0) is 12.7. The molecule has 3 rings (SSSR count). The predicted molar refractivity (Wildman–Crippen MR) is 69.0 cm³/mol. The largest absolute Gasteiger partial charge is 0.505 e. The highest BCUT2D eigenvalue weighted by Gasteiger charge is 2.22. The van der Waals surface area contributed by atoms with Crippen LogP contribution in [0.15, 0.2) is 18.2 Å². The van der Waals surface area contributed by atoms with E-state index in [-0.39, 0.29) is 5.75 Å². The van der Waals surface area contributed by atoms with Gasteiger partial charge in [0.2, 0.25) is 0 Å². The average molecular weight is 244 g/mol. The first-order chi connectivity index (χ1) is 8.66. The fraction of sp³-hybridized carbons (Fsp3) is 0.385. The van der Waals surface area contributed by atoms with Crippen molar-refractivity contribution in [2.45, 2.75) is 26.3 Å². The van der Waals surface area contributed by atoms with Crippen LogP contribution in [0.4, 0.5) is 5.69 Å². The van der Waals surface area contributed by atoms with Gasteiger partial charge in [0.15, 0.2) is 5.82 Å². The van der Waals surface area contributed by atoms with Crippen molar-refractivity contribution in [3.05, 3.63) is 24.0 Å². The van der Waals surface area contributed by atoms with Crippen molar-refractivity contribution in [2.24, 2.45) is 5.92 Å². The molecule has 1 aromatic carbocycles. The molecule has 0 radical (unpaired) electrons. The fourth-order valence-electron chi connectivity index (χ4n) is 2.43. The van der Waals surface area contributed by atoms with E-state index in [9.17, 15) is 5.11 Å². The van der Waals surface area contributed by atoms with Crippen molar-refractivity contribution < 1.29 is 5.11 Å². The number of nitrogen functional groups attached to an aromatic ring is 1. The molecule has 2 aromatic rings. The SMILES string of the molecule is CC1CCn2c(nnc2-c2cccc(N)c2O)C1. The second-order valence-corrected chi connectivity index (χ2v) is 4.93. The Balaban J connectivity index is 2.11. The summed E-state index contributed by atoms with van der Waals surface area (Å²) in [6.07, 6.45) is 2.05. The number of benzene rings is 1. The van der Waals surface area contributed by atoms with Crippen LogP contribution < -0.4 is 5.73 Å². The monoisotopic (exact) mass is 244 g/mol. The molecule has 1 aromatic heterocycles. The minimum atomic E-state index is 0.0892. The number of hydrogen-bond donors (Lipinski definition) is 2. The number of hydrogen-bond acceptors (Lipinski definition) is 4. The van der Waals surface area contributed by atoms with E-state index in [0.717, 1.165) is 25.2 Å². The lowest BCUT2D eigenvalue weighted by atomic mass is 10.00. The Morgan fingerprint density at radius 1 is 1.39 bits per heavy atom. The van der Waals surface area contributed by atoms with E-state index in [1.165, 1.54) is 0 Å². The third-order valence-electron chi connectivity index (χ3n) is 3.51. The van der Waals surface area contributed by atoms with Gasteiger partial charge in [0.1, 0.15) is 11.6 Å². The number of nitrogens with two attached hydrogens (primary N) is 1. The van der Waals surface area contributed by atoms with E-state index in [1.54, 1.807) is 6.07 Å². The first-order valence-electron chi connectivity index (χ1n) is 6.16. The summed E-state index contributed by atoms with van der Waals surface area (Å²) in [7, 11) is 0. The molecule has 3 N–H and O–H groups in total. The number of aromatic hydroxyl groups is 1. The highest BCUT2D eigenvalue weighted by Crippen LogP contribution is 2.34. The van der Waals surface area contributed by atoms with Crippen molar-refractivity contribution in [3.63, 3.8) is 0 Å². The summed E-state index contributed by atoms with van der Waals surface area (Å²) in [4.78, 5) is 0. The minimum absolute atomic E-state index is 0.0892. The highest BCUT2D eigenvalue weighted by atomic mass is 16.3. The molecule has 0 saturated carbocycles. The fourth-order valence-corrected chi connectivity index (χ4v) is 2.43. The topological polar surface area (TPSA) is 77.0 Å². The minimum Gasteiger partial charge on any atom is -0.505 e. The number of anilines is 1. The van der Waals surface area contributed by atoms with E-state index in [0.29, 0.717) is 23.0 Å². The Bertz CT molecular complexity index is 591. The molecular weight excluding hydrogens is 228 g/mol. The molecule has 0 amide bonds. The molecule has 1 unspecified atom stereocenters. The smallest absolute Gasteiger partial charge is 0.167 e. The number of phenols is 1. The Labute approximate surface area is 105 Å². The lowest BCUT2D eigenvalue weighted by molar-refractivity contribution is 0.411. The van der Waals surface area contributed by atoms with Gasteiger partial charge < -0.3 is 15.4 Å². The molecule has 5 nitrogen and oxygen atoms in total. The van der Waals surface area contributed by atoms with Gasteiger partial charge in [-0.1, -0.05) is 13.0 Å². The molecule has 0 spiro atoms. The number of fused-ring (bicyclic) bond motifs is 1. The molecule has 0 aliphatic carbocycles. The van der Waals surface area contributed by atoms with Crippen LogP contribution in [0.1, 0.15) is 19.2 Å². The van der Waals surface area contributed by atoms with Gasteiger partial charge in [-0.2, -0.15) is 0 Å². The van der Waals surface area contributed by atoms with Crippen LogP contribution in [0.5, 0.6) is 5.75 Å². The molecule has 18 heavy (non-hydrogen) atoms. The van der Waals surface area contributed by atoms with Gasteiger partial charge in [-0.25, -0.2) is 0 Å². The second kappa shape index (κ2) is 4.01. The van der Waals surface area contributed by atoms with Gasteiger partial charge in [0.25, 0.3) is 0 Å². The maximum Gasteiger partial charge on any atom is 0.167 e. The van der Waals surface area contributed by atoms with Crippen LogP contribution in [0.3, 0.4) is 0 Å². The molecule has 5 heteroatoms. The standard InChI is InChI=1S/C13H16N4O/c1-8-5-6-17-11(7-8)15-16-13(17)9-3-2-4-10(14)12(9)18/h2-4,8,18H,5-7,14H2,1H3. The number of rotatable bonds is 1. The van der Waals surface area contributed by atoms with Gasteiger partial charge in [0, 0.05) is 13.0 Å². The lowest BCUT2D eigenvalue weighted by Gasteiger charge is -2.20. The molecule has 1 aliphatic rings. The van der Waals surface area contributed by atoms with Crippen LogP contribution >= 0.6 is 0 Å². The second-order valence-electron chi connectivity index (χ2n) is 4.93. The van der Waals surface area contributed by atoms with Crippen molar-refractivity contribution in [1.29, 1.82) is 0 Å². The predicted octanol–water partition coefficient (Wildman–Crippen LogP) is 1.82. The van der Waals surface area contributed by atoms with Crippen LogP contribution in [0.2, 0.25) is 0 Å². The van der Waals surface area contributed by atoms with E-state index in [4.69, 9.17) is 5.73 Å². The molecule has 1 aliphatic heterocycles. The number of phenolic OH excluding ortho intramolecular Hbond substituents is 1. The van der Waals surface area contributed by atoms with Gasteiger partial charge in [-0.15, -0.1) is 10.2 Å². The molecular formula is C13H16N4O. The van der Waals surface area contributed by atoms with Gasteiger partial charge in [-0.3, -0.25) is 0 Å². The summed E-state index contributed by atoms with van der Waals surface area (Å²) in [6.45, 7) is 3.11. The average Bonchev–Trinajstić information content (AvgIpc) is 2.75. The van der Waals surface area contributed by atoms with Crippen molar-refractivity contribution in [3.8, 4) is 17.1 Å². The lowest BCUT2D eigenvalue weighted by Crippen LogP contribution is -2.18. The molecule has 2 heterocycles. The third kappa shape index (κ3) is 1.63. The highest BCUT2D eigenvalue weighted by molar-refractivity contribution is 5.72. The van der Waals surface area contributed by atoms with E-state index in [2.05, 4.69) is 21.7 Å². The van der Waals surface area contributed by atoms with Crippen LogP contribution in [0, 0.1) is 5.92 Å². The van der Waals surface area contributed by atoms with Crippen molar-refractivity contribution >= 4 is 5.69 Å². The van der Waals surface area contributed by atoms with Gasteiger partial charge >= 0.3 is 0 Å². The zero-order valence-corrected chi connectivity index (χ0v) is 10.3.